The minimum Gasteiger partial charge on any atom is -0.379 e. The predicted octanol–water partition coefficient (Wildman–Crippen LogP) is -0.232. The van der Waals surface area contributed by atoms with Crippen molar-refractivity contribution in [1.29, 1.82) is 0 Å². The summed E-state index contributed by atoms with van der Waals surface area (Å²) in [6, 6.07) is 0. The molecular weight excluding hydrogens is 348 g/mol. The zero-order valence-corrected chi connectivity index (χ0v) is 15.5. The number of carbonyl (C=O) groups is 1. The molecule has 0 aromatic carbocycles. The Hall–Kier alpha value is -2.26. The van der Waals surface area contributed by atoms with Crippen LogP contribution in [-0.4, -0.2) is 69.3 Å². The summed E-state index contributed by atoms with van der Waals surface area (Å²) in [5.74, 6) is 0.743. The van der Waals surface area contributed by atoms with Gasteiger partial charge in [0.15, 0.2) is 11.2 Å². The fourth-order valence-corrected chi connectivity index (χ4v) is 3.73. The van der Waals surface area contributed by atoms with Crippen LogP contribution in [0.5, 0.6) is 0 Å². The van der Waals surface area contributed by atoms with Gasteiger partial charge in [-0.05, 0) is 12.8 Å². The Morgan fingerprint density at radius 3 is 2.89 bits per heavy atom. The highest BCUT2D eigenvalue weighted by Crippen LogP contribution is 2.18. The van der Waals surface area contributed by atoms with Crippen LogP contribution in [0.1, 0.15) is 25.1 Å². The summed E-state index contributed by atoms with van der Waals surface area (Å²) in [5, 5.41) is 2.88. The van der Waals surface area contributed by atoms with Crippen LogP contribution in [0.25, 0.3) is 11.2 Å². The van der Waals surface area contributed by atoms with Crippen LogP contribution in [-0.2, 0) is 29.0 Å². The first kappa shape index (κ1) is 18.1. The number of carbonyl (C=O) groups excluding carboxylic acids is 1. The number of morpholine rings is 1. The zero-order valence-electron chi connectivity index (χ0n) is 15.5. The van der Waals surface area contributed by atoms with Crippen LogP contribution in [0.2, 0.25) is 0 Å². The van der Waals surface area contributed by atoms with Gasteiger partial charge in [-0.15, -0.1) is 0 Å². The minimum absolute atomic E-state index is 0.0346. The van der Waals surface area contributed by atoms with Crippen LogP contribution in [0.4, 0.5) is 0 Å². The SMILES string of the molecule is O=C(Cn1cnc2c(nc3n2CCCCC3)c1=O)NCCN1CCOCC1. The maximum Gasteiger partial charge on any atom is 0.282 e. The lowest BCUT2D eigenvalue weighted by Gasteiger charge is -2.26. The molecule has 0 radical (unpaired) electrons. The third kappa shape index (κ3) is 4.03. The second kappa shape index (κ2) is 8.18. The molecule has 0 atom stereocenters. The topological polar surface area (TPSA) is 94.3 Å². The summed E-state index contributed by atoms with van der Waals surface area (Å²) in [6.07, 6.45) is 5.67. The van der Waals surface area contributed by atoms with Gasteiger partial charge in [-0.25, -0.2) is 9.97 Å². The highest BCUT2D eigenvalue weighted by molar-refractivity contribution is 5.76. The van der Waals surface area contributed by atoms with Crippen molar-refractivity contribution in [3.63, 3.8) is 0 Å². The van der Waals surface area contributed by atoms with E-state index in [9.17, 15) is 9.59 Å². The molecule has 0 bridgehead atoms. The number of fused-ring (bicyclic) bond motifs is 3. The lowest BCUT2D eigenvalue weighted by atomic mass is 10.2. The van der Waals surface area contributed by atoms with Crippen LogP contribution < -0.4 is 10.9 Å². The molecule has 1 saturated heterocycles. The molecule has 1 N–H and O–H groups in total. The fraction of sp³-hybridized carbons (Fsp3) is 0.667. The van der Waals surface area contributed by atoms with E-state index in [1.807, 2.05) is 0 Å². The van der Waals surface area contributed by atoms with Gasteiger partial charge in [0.25, 0.3) is 5.56 Å². The molecule has 4 heterocycles. The number of nitrogens with one attached hydrogen (secondary N) is 1. The second-order valence-electron chi connectivity index (χ2n) is 7.14. The summed E-state index contributed by atoms with van der Waals surface area (Å²) in [6.45, 7) is 5.42. The number of amides is 1. The Labute approximate surface area is 157 Å². The molecule has 9 nitrogen and oxygen atoms in total. The van der Waals surface area contributed by atoms with Crippen LogP contribution in [0.15, 0.2) is 11.1 Å². The molecule has 27 heavy (non-hydrogen) atoms. The van der Waals surface area contributed by atoms with Crippen molar-refractivity contribution in [2.75, 3.05) is 39.4 Å². The number of aromatic nitrogens is 4. The molecule has 4 rings (SSSR count). The average Bonchev–Trinajstić information content (AvgIpc) is 2.87. The lowest BCUT2D eigenvalue weighted by Crippen LogP contribution is -2.42. The van der Waals surface area contributed by atoms with Crippen molar-refractivity contribution in [3.8, 4) is 0 Å². The molecule has 146 valence electrons. The average molecular weight is 374 g/mol. The van der Waals surface area contributed by atoms with Crippen molar-refractivity contribution >= 4 is 17.1 Å². The van der Waals surface area contributed by atoms with Gasteiger partial charge in [0.2, 0.25) is 5.91 Å². The van der Waals surface area contributed by atoms with Gasteiger partial charge in [0.05, 0.1) is 13.2 Å². The third-order valence-electron chi connectivity index (χ3n) is 5.25. The quantitative estimate of drug-likeness (QED) is 0.777. The molecule has 1 fully saturated rings. The van der Waals surface area contributed by atoms with E-state index in [-0.39, 0.29) is 18.0 Å². The summed E-state index contributed by atoms with van der Waals surface area (Å²) in [5.41, 5.74) is 0.764. The van der Waals surface area contributed by atoms with E-state index in [2.05, 4.69) is 24.8 Å². The smallest absolute Gasteiger partial charge is 0.282 e. The summed E-state index contributed by atoms with van der Waals surface area (Å²) in [7, 11) is 0. The number of hydrogen-bond acceptors (Lipinski definition) is 6. The van der Waals surface area contributed by atoms with E-state index in [0.717, 1.165) is 64.5 Å². The number of nitrogens with zero attached hydrogens (tertiary/aromatic N) is 5. The van der Waals surface area contributed by atoms with E-state index in [1.54, 1.807) is 0 Å². The molecule has 9 heteroatoms. The number of rotatable bonds is 5. The summed E-state index contributed by atoms with van der Waals surface area (Å²) >= 11 is 0. The van der Waals surface area contributed by atoms with Crippen molar-refractivity contribution in [2.45, 2.75) is 38.8 Å². The van der Waals surface area contributed by atoms with Gasteiger partial charge in [0.1, 0.15) is 18.7 Å². The van der Waals surface area contributed by atoms with Gasteiger partial charge in [-0.1, -0.05) is 6.42 Å². The minimum atomic E-state index is -0.246. The van der Waals surface area contributed by atoms with Gasteiger partial charge < -0.3 is 14.6 Å². The van der Waals surface area contributed by atoms with Gasteiger partial charge in [-0.3, -0.25) is 19.1 Å². The van der Waals surface area contributed by atoms with Gasteiger partial charge >= 0.3 is 0 Å². The Bertz CT molecular complexity index is 868. The Balaban J connectivity index is 1.40. The number of imidazole rings is 1. The highest BCUT2D eigenvalue weighted by Gasteiger charge is 2.18. The van der Waals surface area contributed by atoms with Crippen LogP contribution in [0.3, 0.4) is 0 Å². The largest absolute Gasteiger partial charge is 0.379 e. The van der Waals surface area contributed by atoms with Crippen molar-refractivity contribution in [3.05, 3.63) is 22.5 Å². The van der Waals surface area contributed by atoms with E-state index in [4.69, 9.17) is 4.74 Å². The normalized spacial score (nSPS) is 18.2. The second-order valence-corrected chi connectivity index (χ2v) is 7.14. The number of ether oxygens (including phenoxy) is 1. The van der Waals surface area contributed by atoms with Crippen molar-refractivity contribution < 1.29 is 9.53 Å². The fourth-order valence-electron chi connectivity index (χ4n) is 3.73. The predicted molar refractivity (Wildman–Crippen MR) is 99.6 cm³/mol. The Kier molecular flexibility index (Phi) is 5.49. The maximum absolute atomic E-state index is 12.7. The highest BCUT2D eigenvalue weighted by atomic mass is 16.5. The summed E-state index contributed by atoms with van der Waals surface area (Å²) in [4.78, 5) is 36.1. The zero-order chi connectivity index (χ0) is 18.6. The van der Waals surface area contributed by atoms with Crippen molar-refractivity contribution in [2.24, 2.45) is 0 Å². The third-order valence-corrected chi connectivity index (χ3v) is 5.25. The molecule has 2 aromatic rings. The first-order valence-corrected chi connectivity index (χ1v) is 9.74. The molecular formula is C18H26N6O3. The van der Waals surface area contributed by atoms with Crippen LogP contribution >= 0.6 is 0 Å². The monoisotopic (exact) mass is 374 g/mol. The first-order chi connectivity index (χ1) is 13.2. The van der Waals surface area contributed by atoms with Gasteiger partial charge in [-0.2, -0.15) is 0 Å². The van der Waals surface area contributed by atoms with E-state index in [0.29, 0.717) is 17.7 Å². The Morgan fingerprint density at radius 2 is 2.04 bits per heavy atom. The van der Waals surface area contributed by atoms with E-state index < -0.39 is 0 Å². The molecule has 2 aromatic heterocycles. The molecule has 2 aliphatic heterocycles. The molecule has 0 unspecified atom stereocenters. The van der Waals surface area contributed by atoms with Crippen molar-refractivity contribution in [1.82, 2.24) is 29.3 Å². The molecule has 1 amide bonds. The van der Waals surface area contributed by atoms with Gasteiger partial charge in [0, 0.05) is 39.1 Å². The van der Waals surface area contributed by atoms with Crippen LogP contribution in [0, 0.1) is 0 Å². The van der Waals surface area contributed by atoms with E-state index in [1.165, 1.54) is 17.3 Å². The standard InChI is InChI=1S/C18H26N6O3/c25-15(19-5-7-22-8-10-27-11-9-22)12-23-13-20-17-16(18(23)26)21-14-4-2-1-3-6-24(14)17/h13H,1-12H2,(H,19,25). The molecule has 0 spiro atoms. The van der Waals surface area contributed by atoms with E-state index >= 15 is 0 Å². The lowest BCUT2D eigenvalue weighted by molar-refractivity contribution is -0.121. The molecule has 0 aliphatic carbocycles. The summed E-state index contributed by atoms with van der Waals surface area (Å²) < 4.78 is 8.71. The Morgan fingerprint density at radius 1 is 1.19 bits per heavy atom. The molecule has 2 aliphatic rings. The molecule has 0 saturated carbocycles. The maximum atomic E-state index is 12.7. The number of hydrogen-bond donors (Lipinski definition) is 1. The number of aryl methyl sites for hydroxylation is 2. The first-order valence-electron chi connectivity index (χ1n) is 9.74.